The van der Waals surface area contributed by atoms with Crippen molar-refractivity contribution < 1.29 is 17.9 Å². The van der Waals surface area contributed by atoms with E-state index in [1.807, 2.05) is 0 Å². The smallest absolute Gasteiger partial charge is 0.418 e. The fourth-order valence-electron chi connectivity index (χ4n) is 1.69. The molecule has 21 heavy (non-hydrogen) atoms. The number of hydrogen-bond acceptors (Lipinski definition) is 2. The molecule has 0 saturated heterocycles. The normalized spacial score (nSPS) is 11.5. The summed E-state index contributed by atoms with van der Waals surface area (Å²) in [7, 11) is 0. The first-order chi connectivity index (χ1) is 9.70. The number of alkyl halides is 3. The molecule has 0 radical (unpaired) electrons. The Balaban J connectivity index is 2.44. The van der Waals surface area contributed by atoms with Gasteiger partial charge in [0.15, 0.2) is 5.75 Å². The van der Waals surface area contributed by atoms with Crippen LogP contribution in [0.4, 0.5) is 18.9 Å². The van der Waals surface area contributed by atoms with Crippen LogP contribution in [0.15, 0.2) is 30.3 Å². The number of nitrogen functional groups attached to an aromatic ring is 1. The predicted octanol–water partition coefficient (Wildman–Crippen LogP) is 5.70. The van der Waals surface area contributed by atoms with Gasteiger partial charge >= 0.3 is 6.18 Å². The first-order valence-electron chi connectivity index (χ1n) is 5.79. The summed E-state index contributed by atoms with van der Waals surface area (Å²) in [6.07, 6.45) is -4.57. The van der Waals surface area contributed by atoms with Crippen LogP contribution < -0.4 is 10.5 Å². The van der Waals surface area contributed by atoms with Gasteiger partial charge in [-0.15, -0.1) is 0 Å². The number of hydrogen-bond donors (Lipinski definition) is 1. The third kappa shape index (κ3) is 3.36. The van der Waals surface area contributed by atoms with Crippen LogP contribution in [0, 0.1) is 6.92 Å². The van der Waals surface area contributed by atoms with Gasteiger partial charge in [-0.2, -0.15) is 13.2 Å². The zero-order chi connectivity index (χ0) is 15.8. The zero-order valence-electron chi connectivity index (χ0n) is 10.8. The summed E-state index contributed by atoms with van der Waals surface area (Å²) >= 11 is 12.0. The van der Waals surface area contributed by atoms with E-state index in [-0.39, 0.29) is 27.2 Å². The fraction of sp³-hybridized carbons (Fsp3) is 0.143. The fourth-order valence-corrected chi connectivity index (χ4v) is 2.13. The summed E-state index contributed by atoms with van der Waals surface area (Å²) in [5.74, 6) is 0.0576. The number of rotatable bonds is 2. The van der Waals surface area contributed by atoms with E-state index in [1.165, 1.54) is 6.07 Å². The molecule has 0 unspecified atom stereocenters. The second-order valence-corrected chi connectivity index (χ2v) is 5.14. The standard InChI is InChI=1S/C14H10Cl2F3NO/c1-7-2-4-10(15)13(12(7)16)21-8-3-5-11(20)9(6-8)14(17,18)19/h2-6H,20H2,1H3. The molecule has 0 amide bonds. The van der Waals surface area contributed by atoms with Crippen LogP contribution in [0.3, 0.4) is 0 Å². The molecule has 0 heterocycles. The molecule has 2 aromatic carbocycles. The highest BCUT2D eigenvalue weighted by Crippen LogP contribution is 2.41. The predicted molar refractivity (Wildman–Crippen MR) is 77.1 cm³/mol. The summed E-state index contributed by atoms with van der Waals surface area (Å²) < 4.78 is 43.8. The van der Waals surface area contributed by atoms with Gasteiger partial charge in [-0.3, -0.25) is 0 Å². The molecule has 112 valence electrons. The van der Waals surface area contributed by atoms with E-state index in [1.54, 1.807) is 19.1 Å². The lowest BCUT2D eigenvalue weighted by atomic mass is 10.1. The highest BCUT2D eigenvalue weighted by atomic mass is 35.5. The Labute approximate surface area is 129 Å². The van der Waals surface area contributed by atoms with Crippen LogP contribution in [0.2, 0.25) is 10.0 Å². The maximum absolute atomic E-state index is 12.8. The van der Waals surface area contributed by atoms with Crippen molar-refractivity contribution in [1.82, 2.24) is 0 Å². The molecule has 0 saturated carbocycles. The van der Waals surface area contributed by atoms with Crippen LogP contribution in [0.25, 0.3) is 0 Å². The Morgan fingerprint density at radius 1 is 1.10 bits per heavy atom. The maximum atomic E-state index is 12.8. The molecule has 7 heteroatoms. The molecule has 2 rings (SSSR count). The lowest BCUT2D eigenvalue weighted by Gasteiger charge is -2.14. The van der Waals surface area contributed by atoms with Crippen molar-refractivity contribution in [2.45, 2.75) is 13.1 Å². The SMILES string of the molecule is Cc1ccc(Cl)c(Oc2ccc(N)c(C(F)(F)F)c2)c1Cl. The molecule has 0 atom stereocenters. The average molecular weight is 336 g/mol. The molecular weight excluding hydrogens is 326 g/mol. The molecule has 0 bridgehead atoms. The molecule has 0 aliphatic heterocycles. The minimum atomic E-state index is -4.57. The topological polar surface area (TPSA) is 35.2 Å². The highest BCUT2D eigenvalue weighted by molar-refractivity contribution is 6.37. The average Bonchev–Trinajstić information content (AvgIpc) is 2.40. The third-order valence-electron chi connectivity index (χ3n) is 2.79. The lowest BCUT2D eigenvalue weighted by Crippen LogP contribution is -2.08. The van der Waals surface area contributed by atoms with E-state index in [4.69, 9.17) is 33.7 Å². The van der Waals surface area contributed by atoms with Gasteiger partial charge in [0.2, 0.25) is 0 Å². The Kier molecular flexibility index (Phi) is 4.25. The molecule has 2 aromatic rings. The molecule has 0 aliphatic rings. The minimum absolute atomic E-state index is 0.0501. The van der Waals surface area contributed by atoms with E-state index < -0.39 is 11.7 Å². The first-order valence-corrected chi connectivity index (χ1v) is 6.55. The van der Waals surface area contributed by atoms with Crippen molar-refractivity contribution in [3.05, 3.63) is 51.5 Å². The number of ether oxygens (including phenoxy) is 1. The van der Waals surface area contributed by atoms with Crippen molar-refractivity contribution in [3.8, 4) is 11.5 Å². The molecule has 2 N–H and O–H groups in total. The van der Waals surface area contributed by atoms with Crippen molar-refractivity contribution in [3.63, 3.8) is 0 Å². The van der Waals surface area contributed by atoms with Gasteiger partial charge in [0.25, 0.3) is 0 Å². The van der Waals surface area contributed by atoms with Gasteiger partial charge in [-0.25, -0.2) is 0 Å². The number of anilines is 1. The highest BCUT2D eigenvalue weighted by Gasteiger charge is 2.33. The molecular formula is C14H10Cl2F3NO. The van der Waals surface area contributed by atoms with Gasteiger partial charge < -0.3 is 10.5 Å². The summed E-state index contributed by atoms with van der Waals surface area (Å²) in [6.45, 7) is 1.73. The zero-order valence-corrected chi connectivity index (χ0v) is 12.3. The first kappa shape index (κ1) is 15.8. The number of benzene rings is 2. The van der Waals surface area contributed by atoms with Crippen LogP contribution >= 0.6 is 23.2 Å². The van der Waals surface area contributed by atoms with Gasteiger partial charge in [0.05, 0.1) is 15.6 Å². The van der Waals surface area contributed by atoms with E-state index in [9.17, 15) is 13.2 Å². The summed E-state index contributed by atoms with van der Waals surface area (Å²) in [5.41, 5.74) is 4.67. The number of aryl methyl sites for hydroxylation is 1. The Morgan fingerprint density at radius 2 is 1.76 bits per heavy atom. The Morgan fingerprint density at radius 3 is 2.38 bits per heavy atom. The van der Waals surface area contributed by atoms with Crippen LogP contribution in [-0.2, 0) is 6.18 Å². The lowest BCUT2D eigenvalue weighted by molar-refractivity contribution is -0.137. The molecule has 0 spiro atoms. The second kappa shape index (κ2) is 5.66. The van der Waals surface area contributed by atoms with Crippen molar-refractivity contribution in [2.24, 2.45) is 0 Å². The second-order valence-electron chi connectivity index (χ2n) is 4.36. The van der Waals surface area contributed by atoms with E-state index in [0.29, 0.717) is 5.56 Å². The van der Waals surface area contributed by atoms with Crippen LogP contribution in [-0.4, -0.2) is 0 Å². The largest absolute Gasteiger partial charge is 0.454 e. The maximum Gasteiger partial charge on any atom is 0.418 e. The summed E-state index contributed by atoms with van der Waals surface area (Å²) in [4.78, 5) is 0. The van der Waals surface area contributed by atoms with Gasteiger partial charge in [0, 0.05) is 5.69 Å². The van der Waals surface area contributed by atoms with Crippen LogP contribution in [0.1, 0.15) is 11.1 Å². The van der Waals surface area contributed by atoms with E-state index >= 15 is 0 Å². The number of halogens is 5. The summed E-state index contributed by atoms with van der Waals surface area (Å²) in [5, 5.41) is 0.448. The number of nitrogens with two attached hydrogens (primary N) is 1. The summed E-state index contributed by atoms with van der Waals surface area (Å²) in [6, 6.07) is 6.49. The van der Waals surface area contributed by atoms with Crippen molar-refractivity contribution in [2.75, 3.05) is 5.73 Å². The van der Waals surface area contributed by atoms with E-state index in [2.05, 4.69) is 0 Å². The Hall–Kier alpha value is -1.59. The quantitative estimate of drug-likeness (QED) is 0.715. The van der Waals surface area contributed by atoms with E-state index in [0.717, 1.165) is 12.1 Å². The van der Waals surface area contributed by atoms with Gasteiger partial charge in [-0.1, -0.05) is 29.3 Å². The Bertz CT molecular complexity index is 687. The molecule has 0 aromatic heterocycles. The van der Waals surface area contributed by atoms with Crippen LogP contribution in [0.5, 0.6) is 11.5 Å². The van der Waals surface area contributed by atoms with Crippen molar-refractivity contribution in [1.29, 1.82) is 0 Å². The van der Waals surface area contributed by atoms with Gasteiger partial charge in [0.1, 0.15) is 5.75 Å². The third-order valence-corrected chi connectivity index (χ3v) is 3.56. The van der Waals surface area contributed by atoms with Gasteiger partial charge in [-0.05, 0) is 36.8 Å². The molecule has 2 nitrogen and oxygen atoms in total. The molecule has 0 aliphatic carbocycles. The monoisotopic (exact) mass is 335 g/mol. The van der Waals surface area contributed by atoms with Crippen molar-refractivity contribution >= 4 is 28.9 Å². The molecule has 0 fully saturated rings. The minimum Gasteiger partial charge on any atom is -0.454 e.